The van der Waals surface area contributed by atoms with E-state index in [0.717, 1.165) is 5.56 Å². The number of carboxylic acid groups (broad SMARTS) is 1. The molecule has 178 valence electrons. The van der Waals surface area contributed by atoms with E-state index in [0.29, 0.717) is 38.9 Å². The largest absolute Gasteiger partial charge is 0.490 e. The fraction of sp³-hybridized carbons (Fsp3) is 0.115. The van der Waals surface area contributed by atoms with Crippen molar-refractivity contribution < 1.29 is 24.2 Å². The lowest BCUT2D eigenvalue weighted by atomic mass is 10.1. The van der Waals surface area contributed by atoms with Crippen molar-refractivity contribution in [2.24, 2.45) is 0 Å². The summed E-state index contributed by atoms with van der Waals surface area (Å²) in [6, 6.07) is 18.3. The number of hydrogen-bond acceptors (Lipinski definition) is 5. The standard InChI is InChI=1S/C26H20BrClN2O5/c1-2-34-23-11-18(10-19(14-29)25(31)30-21-5-3-4-20(28)12-21)22(27)13-24(23)35-15-16-6-8-17(9-7-16)26(32)33/h3-13H,2,15H2,1H3,(H,30,31)(H,32,33)/b19-10+. The molecule has 0 atom stereocenters. The van der Waals surface area contributed by atoms with Gasteiger partial charge in [0.2, 0.25) is 0 Å². The van der Waals surface area contributed by atoms with Gasteiger partial charge in [0.1, 0.15) is 18.2 Å². The Hall–Kier alpha value is -3.80. The second kappa shape index (κ2) is 12.1. The first-order chi connectivity index (χ1) is 16.8. The number of rotatable bonds is 9. The molecule has 0 bridgehead atoms. The van der Waals surface area contributed by atoms with Crippen LogP contribution in [-0.2, 0) is 11.4 Å². The molecular formula is C26H20BrClN2O5. The van der Waals surface area contributed by atoms with E-state index >= 15 is 0 Å². The van der Waals surface area contributed by atoms with Gasteiger partial charge < -0.3 is 19.9 Å². The first-order valence-corrected chi connectivity index (χ1v) is 11.6. The van der Waals surface area contributed by atoms with E-state index in [9.17, 15) is 14.9 Å². The highest BCUT2D eigenvalue weighted by Crippen LogP contribution is 2.35. The molecule has 3 aromatic carbocycles. The Labute approximate surface area is 215 Å². The van der Waals surface area contributed by atoms with E-state index in [1.807, 2.05) is 13.0 Å². The number of carboxylic acids is 1. The van der Waals surface area contributed by atoms with Gasteiger partial charge in [-0.3, -0.25) is 4.79 Å². The maximum Gasteiger partial charge on any atom is 0.335 e. The van der Waals surface area contributed by atoms with Crippen molar-refractivity contribution in [1.82, 2.24) is 0 Å². The topological polar surface area (TPSA) is 109 Å². The van der Waals surface area contributed by atoms with Crippen LogP contribution in [0.2, 0.25) is 5.02 Å². The van der Waals surface area contributed by atoms with Gasteiger partial charge in [0.05, 0.1) is 12.2 Å². The number of carbonyl (C=O) groups excluding carboxylic acids is 1. The van der Waals surface area contributed by atoms with Crippen molar-refractivity contribution in [1.29, 1.82) is 5.26 Å². The average Bonchev–Trinajstić information content (AvgIpc) is 2.83. The predicted octanol–water partition coefficient (Wildman–Crippen LogP) is 6.32. The molecule has 0 unspecified atom stereocenters. The molecule has 0 saturated heterocycles. The fourth-order valence-corrected chi connectivity index (χ4v) is 3.64. The Morgan fingerprint density at radius 2 is 1.83 bits per heavy atom. The second-order valence-corrected chi connectivity index (χ2v) is 8.47. The predicted molar refractivity (Wildman–Crippen MR) is 137 cm³/mol. The van der Waals surface area contributed by atoms with Gasteiger partial charge in [-0.05, 0) is 66.6 Å². The summed E-state index contributed by atoms with van der Waals surface area (Å²) in [6.07, 6.45) is 1.45. The van der Waals surface area contributed by atoms with Crippen molar-refractivity contribution in [3.63, 3.8) is 0 Å². The summed E-state index contributed by atoms with van der Waals surface area (Å²) in [5.41, 5.74) is 1.87. The lowest BCUT2D eigenvalue weighted by Crippen LogP contribution is -2.13. The van der Waals surface area contributed by atoms with Gasteiger partial charge in [-0.2, -0.15) is 5.26 Å². The minimum Gasteiger partial charge on any atom is -0.490 e. The number of benzene rings is 3. The van der Waals surface area contributed by atoms with Gasteiger partial charge >= 0.3 is 5.97 Å². The van der Waals surface area contributed by atoms with Gasteiger partial charge in [0, 0.05) is 15.2 Å². The van der Waals surface area contributed by atoms with Crippen LogP contribution in [0.15, 0.2) is 70.7 Å². The van der Waals surface area contributed by atoms with Crippen LogP contribution in [0, 0.1) is 11.3 Å². The van der Waals surface area contributed by atoms with Crippen LogP contribution in [0.25, 0.3) is 6.08 Å². The van der Waals surface area contributed by atoms with Crippen LogP contribution in [0.3, 0.4) is 0 Å². The van der Waals surface area contributed by atoms with E-state index in [4.69, 9.17) is 26.2 Å². The van der Waals surface area contributed by atoms with Gasteiger partial charge in [-0.25, -0.2) is 4.79 Å². The Balaban J connectivity index is 1.82. The van der Waals surface area contributed by atoms with E-state index in [2.05, 4.69) is 21.2 Å². The van der Waals surface area contributed by atoms with Crippen LogP contribution in [0.4, 0.5) is 5.69 Å². The maximum atomic E-state index is 12.6. The number of ether oxygens (including phenoxy) is 2. The number of carbonyl (C=O) groups is 2. The average molecular weight is 556 g/mol. The summed E-state index contributed by atoms with van der Waals surface area (Å²) in [7, 11) is 0. The van der Waals surface area contributed by atoms with Crippen molar-refractivity contribution in [2.45, 2.75) is 13.5 Å². The SMILES string of the molecule is CCOc1cc(/C=C(\C#N)C(=O)Nc2cccc(Cl)c2)c(Br)cc1OCc1ccc(C(=O)O)cc1. The summed E-state index contributed by atoms with van der Waals surface area (Å²) in [4.78, 5) is 23.6. The fourth-order valence-electron chi connectivity index (χ4n) is 3.02. The number of nitrogens with zero attached hydrogens (tertiary/aromatic N) is 1. The molecule has 0 aliphatic rings. The van der Waals surface area contributed by atoms with Crippen LogP contribution >= 0.6 is 27.5 Å². The monoisotopic (exact) mass is 554 g/mol. The minimum atomic E-state index is -0.998. The highest BCUT2D eigenvalue weighted by atomic mass is 79.9. The third kappa shape index (κ3) is 7.09. The molecule has 3 rings (SSSR count). The molecule has 35 heavy (non-hydrogen) atoms. The third-order valence-electron chi connectivity index (χ3n) is 4.71. The third-order valence-corrected chi connectivity index (χ3v) is 5.63. The second-order valence-electron chi connectivity index (χ2n) is 7.18. The molecule has 0 radical (unpaired) electrons. The molecule has 9 heteroatoms. The first kappa shape index (κ1) is 25.8. The number of aromatic carboxylic acids is 1. The van der Waals surface area contributed by atoms with Crippen LogP contribution in [-0.4, -0.2) is 23.6 Å². The van der Waals surface area contributed by atoms with Crippen molar-refractivity contribution in [3.05, 3.63) is 92.4 Å². The summed E-state index contributed by atoms with van der Waals surface area (Å²) >= 11 is 9.42. The van der Waals surface area contributed by atoms with Crippen molar-refractivity contribution in [2.75, 3.05) is 11.9 Å². The molecule has 0 fully saturated rings. The quantitative estimate of drug-likeness (QED) is 0.236. The molecule has 0 aromatic heterocycles. The molecule has 0 saturated carbocycles. The van der Waals surface area contributed by atoms with E-state index in [1.54, 1.807) is 48.5 Å². The van der Waals surface area contributed by atoms with E-state index in [-0.39, 0.29) is 17.7 Å². The van der Waals surface area contributed by atoms with Crippen molar-refractivity contribution >= 4 is 51.2 Å². The van der Waals surface area contributed by atoms with Crippen molar-refractivity contribution in [3.8, 4) is 17.6 Å². The van der Waals surface area contributed by atoms with E-state index < -0.39 is 11.9 Å². The first-order valence-electron chi connectivity index (χ1n) is 10.4. The van der Waals surface area contributed by atoms with Crippen LogP contribution in [0.1, 0.15) is 28.4 Å². The summed E-state index contributed by atoms with van der Waals surface area (Å²) < 4.78 is 12.2. The van der Waals surface area contributed by atoms with Crippen LogP contribution < -0.4 is 14.8 Å². The zero-order valence-corrected chi connectivity index (χ0v) is 20.9. The number of anilines is 1. The van der Waals surface area contributed by atoms with E-state index in [1.165, 1.54) is 18.2 Å². The number of hydrogen-bond donors (Lipinski definition) is 2. The normalized spacial score (nSPS) is 10.9. The van der Waals surface area contributed by atoms with Gasteiger partial charge in [0.25, 0.3) is 5.91 Å². The molecule has 1 amide bonds. The number of nitrogens with one attached hydrogen (secondary N) is 1. The van der Waals surface area contributed by atoms with Gasteiger partial charge in [-0.15, -0.1) is 0 Å². The molecule has 2 N–H and O–H groups in total. The highest BCUT2D eigenvalue weighted by Gasteiger charge is 2.15. The zero-order chi connectivity index (χ0) is 25.4. The Bertz CT molecular complexity index is 1320. The molecule has 0 aliphatic carbocycles. The lowest BCUT2D eigenvalue weighted by molar-refractivity contribution is -0.112. The molecule has 0 aliphatic heterocycles. The molecule has 0 spiro atoms. The molecule has 7 nitrogen and oxygen atoms in total. The number of amides is 1. The number of nitriles is 1. The van der Waals surface area contributed by atoms with Gasteiger partial charge in [0.15, 0.2) is 11.5 Å². The summed E-state index contributed by atoms with van der Waals surface area (Å²) in [5, 5.41) is 21.7. The maximum absolute atomic E-state index is 12.6. The molecular weight excluding hydrogens is 536 g/mol. The smallest absolute Gasteiger partial charge is 0.335 e. The zero-order valence-electron chi connectivity index (χ0n) is 18.5. The summed E-state index contributed by atoms with van der Waals surface area (Å²) in [6.45, 7) is 2.38. The Morgan fingerprint density at radius 3 is 2.46 bits per heavy atom. The summed E-state index contributed by atoms with van der Waals surface area (Å²) in [5.74, 6) is -0.705. The Kier molecular flexibility index (Phi) is 8.90. The highest BCUT2D eigenvalue weighted by molar-refractivity contribution is 9.10. The molecule has 0 heterocycles. The minimum absolute atomic E-state index is 0.111. The lowest BCUT2D eigenvalue weighted by Gasteiger charge is -2.14. The van der Waals surface area contributed by atoms with Gasteiger partial charge in [-0.1, -0.05) is 45.7 Å². The number of halogens is 2. The Morgan fingerprint density at radius 1 is 1.11 bits per heavy atom. The van der Waals surface area contributed by atoms with Crippen LogP contribution in [0.5, 0.6) is 11.5 Å². The molecule has 3 aromatic rings.